The SMILES string of the molecule is CCCCCCCCCCCCCCCCC(C[N+](C)(CCO)CC(CCCCCCCCCCCCCCCC)C(=O)O)C(=O)O. The molecular weight excluding hydrogens is 586 g/mol. The van der Waals surface area contributed by atoms with Gasteiger partial charge in [0.05, 0.1) is 26.7 Å². The number of nitrogens with zero attached hydrogens (tertiary/aromatic N) is 1. The zero-order valence-corrected chi connectivity index (χ0v) is 31.8. The Labute approximate surface area is 292 Å². The Morgan fingerprint density at radius 1 is 0.447 bits per heavy atom. The molecule has 0 saturated heterocycles. The summed E-state index contributed by atoms with van der Waals surface area (Å²) in [5.41, 5.74) is 0. The summed E-state index contributed by atoms with van der Waals surface area (Å²) in [6, 6.07) is 0. The quantitative estimate of drug-likeness (QED) is 0.0449. The lowest BCUT2D eigenvalue weighted by Gasteiger charge is -2.38. The van der Waals surface area contributed by atoms with Gasteiger partial charge in [0, 0.05) is 0 Å². The molecule has 6 nitrogen and oxygen atoms in total. The number of aliphatic hydroxyl groups is 1. The van der Waals surface area contributed by atoms with Crippen molar-refractivity contribution in [1.29, 1.82) is 0 Å². The molecule has 0 spiro atoms. The summed E-state index contributed by atoms with van der Waals surface area (Å²) >= 11 is 0. The topological polar surface area (TPSA) is 94.8 Å². The first-order valence-corrected chi connectivity index (χ1v) is 20.7. The molecule has 0 aliphatic heterocycles. The maximum Gasteiger partial charge on any atom is 0.312 e. The van der Waals surface area contributed by atoms with Gasteiger partial charge in [-0.25, -0.2) is 0 Å². The van der Waals surface area contributed by atoms with Gasteiger partial charge in [-0.3, -0.25) is 9.59 Å². The van der Waals surface area contributed by atoms with Crippen LogP contribution in [0.3, 0.4) is 0 Å². The molecule has 0 aromatic carbocycles. The van der Waals surface area contributed by atoms with E-state index in [9.17, 15) is 24.9 Å². The van der Waals surface area contributed by atoms with Crippen LogP contribution in [0.2, 0.25) is 0 Å². The van der Waals surface area contributed by atoms with Crippen LogP contribution in [0.5, 0.6) is 0 Å². The van der Waals surface area contributed by atoms with Gasteiger partial charge in [0.15, 0.2) is 0 Å². The minimum absolute atomic E-state index is 0.0626. The van der Waals surface area contributed by atoms with Crippen LogP contribution in [-0.2, 0) is 9.59 Å². The van der Waals surface area contributed by atoms with Crippen molar-refractivity contribution < 1.29 is 29.4 Å². The van der Waals surface area contributed by atoms with E-state index in [0.717, 1.165) is 38.5 Å². The summed E-state index contributed by atoms with van der Waals surface area (Å²) in [6.45, 7) is 5.63. The number of hydrogen-bond donors (Lipinski definition) is 3. The molecule has 0 radical (unpaired) electrons. The minimum atomic E-state index is -0.791. The van der Waals surface area contributed by atoms with Crippen LogP contribution in [0, 0.1) is 11.8 Å². The van der Waals surface area contributed by atoms with E-state index >= 15 is 0 Å². The highest BCUT2D eigenvalue weighted by Crippen LogP contribution is 2.22. The zero-order chi connectivity index (χ0) is 34.9. The Morgan fingerprint density at radius 2 is 0.681 bits per heavy atom. The maximum absolute atomic E-state index is 12.2. The van der Waals surface area contributed by atoms with Crippen LogP contribution >= 0.6 is 0 Å². The molecule has 0 fully saturated rings. The zero-order valence-electron chi connectivity index (χ0n) is 31.8. The van der Waals surface area contributed by atoms with E-state index in [1.54, 1.807) is 0 Å². The van der Waals surface area contributed by atoms with Gasteiger partial charge in [0.1, 0.15) is 18.4 Å². The fourth-order valence-corrected chi connectivity index (χ4v) is 7.32. The first-order valence-electron chi connectivity index (χ1n) is 20.7. The van der Waals surface area contributed by atoms with E-state index in [0.29, 0.717) is 37.0 Å². The summed E-state index contributed by atoms with van der Waals surface area (Å²) in [4.78, 5) is 24.4. The monoisotopic (exact) mass is 669 g/mol. The van der Waals surface area contributed by atoms with Crippen molar-refractivity contribution in [3.8, 4) is 0 Å². The largest absolute Gasteiger partial charge is 0.481 e. The van der Waals surface area contributed by atoms with Crippen molar-refractivity contribution in [1.82, 2.24) is 0 Å². The van der Waals surface area contributed by atoms with Crippen LogP contribution in [0.25, 0.3) is 0 Å². The van der Waals surface area contributed by atoms with Crippen LogP contribution in [0.15, 0.2) is 0 Å². The number of aliphatic carboxylic acids is 2. The number of rotatable bonds is 38. The number of hydrogen-bond acceptors (Lipinski definition) is 3. The molecule has 3 N–H and O–H groups in total. The molecule has 0 aromatic rings. The lowest BCUT2D eigenvalue weighted by atomic mass is 9.95. The van der Waals surface area contributed by atoms with Crippen LogP contribution in [-0.4, -0.2) is 65.0 Å². The second kappa shape index (κ2) is 33.4. The first kappa shape index (κ1) is 45.9. The normalized spacial score (nSPS) is 14.2. The molecule has 0 saturated carbocycles. The van der Waals surface area contributed by atoms with Crippen molar-refractivity contribution in [3.63, 3.8) is 0 Å². The fraction of sp³-hybridized carbons (Fsp3) is 0.951. The van der Waals surface area contributed by atoms with Crippen LogP contribution < -0.4 is 0 Å². The molecule has 0 aliphatic carbocycles. The second-order valence-corrected chi connectivity index (χ2v) is 15.3. The molecule has 47 heavy (non-hydrogen) atoms. The molecule has 0 bridgehead atoms. The third kappa shape index (κ3) is 29.5. The Hall–Kier alpha value is -1.14. The Balaban J connectivity index is 4.27. The van der Waals surface area contributed by atoms with Gasteiger partial charge >= 0.3 is 11.9 Å². The fourth-order valence-electron chi connectivity index (χ4n) is 7.32. The highest BCUT2D eigenvalue weighted by Gasteiger charge is 2.34. The number of carboxylic acid groups (broad SMARTS) is 2. The Kier molecular flexibility index (Phi) is 32.6. The molecular formula is C41H82NO5+. The number of carbonyl (C=O) groups is 2. The predicted molar refractivity (Wildman–Crippen MR) is 200 cm³/mol. The Morgan fingerprint density at radius 3 is 0.894 bits per heavy atom. The number of carboxylic acids is 2. The van der Waals surface area contributed by atoms with Gasteiger partial charge < -0.3 is 19.8 Å². The molecule has 2 atom stereocenters. The lowest BCUT2D eigenvalue weighted by Crippen LogP contribution is -2.53. The van der Waals surface area contributed by atoms with E-state index < -0.39 is 23.8 Å². The molecule has 2 unspecified atom stereocenters. The van der Waals surface area contributed by atoms with Crippen molar-refractivity contribution in [2.75, 3.05) is 33.3 Å². The van der Waals surface area contributed by atoms with E-state index in [2.05, 4.69) is 13.8 Å². The maximum atomic E-state index is 12.2. The average molecular weight is 669 g/mol. The smallest absolute Gasteiger partial charge is 0.312 e. The standard InChI is InChI=1S/C41H81NO5/c1-4-6-8-10-12-14-16-18-20-22-24-26-28-30-32-38(40(44)45)36-42(3,34-35-43)37-39(41(46)47)33-31-29-27-25-23-21-19-17-15-13-11-9-7-5-2/h38-39,43H,4-37H2,1-3H3,(H-,44,45,46,47)/p+1. The van der Waals surface area contributed by atoms with Gasteiger partial charge in [-0.2, -0.15) is 0 Å². The molecule has 0 aliphatic rings. The van der Waals surface area contributed by atoms with Gasteiger partial charge in [0.2, 0.25) is 0 Å². The number of likely N-dealkylation sites (N-methyl/N-ethyl adjacent to an activating group) is 1. The third-order valence-electron chi connectivity index (χ3n) is 10.5. The second-order valence-electron chi connectivity index (χ2n) is 15.3. The van der Waals surface area contributed by atoms with E-state index in [1.807, 2.05) is 7.05 Å². The van der Waals surface area contributed by atoms with Crippen molar-refractivity contribution in [3.05, 3.63) is 0 Å². The van der Waals surface area contributed by atoms with Gasteiger partial charge in [-0.15, -0.1) is 0 Å². The number of unbranched alkanes of at least 4 members (excludes halogenated alkanes) is 26. The Bertz CT molecular complexity index is 647. The third-order valence-corrected chi connectivity index (χ3v) is 10.5. The average Bonchev–Trinajstić information content (AvgIpc) is 3.04. The predicted octanol–water partition coefficient (Wildman–Crippen LogP) is 11.6. The first-order chi connectivity index (χ1) is 22.8. The molecule has 0 rings (SSSR count). The number of quaternary nitrogens is 1. The highest BCUT2D eigenvalue weighted by atomic mass is 16.4. The van der Waals surface area contributed by atoms with E-state index in [1.165, 1.54) is 141 Å². The van der Waals surface area contributed by atoms with Crippen LogP contribution in [0.1, 0.15) is 206 Å². The van der Waals surface area contributed by atoms with Crippen molar-refractivity contribution in [2.45, 2.75) is 206 Å². The van der Waals surface area contributed by atoms with E-state index in [-0.39, 0.29) is 6.61 Å². The molecule has 6 heteroatoms. The van der Waals surface area contributed by atoms with Gasteiger partial charge in [-0.05, 0) is 12.8 Å². The molecule has 0 amide bonds. The summed E-state index contributed by atoms with van der Waals surface area (Å²) in [6.07, 6.45) is 37.0. The molecule has 0 heterocycles. The summed E-state index contributed by atoms with van der Waals surface area (Å²) in [7, 11) is 1.94. The van der Waals surface area contributed by atoms with Gasteiger partial charge in [0.25, 0.3) is 0 Å². The molecule has 0 aromatic heterocycles. The summed E-state index contributed by atoms with van der Waals surface area (Å²) < 4.78 is 0.307. The minimum Gasteiger partial charge on any atom is -0.481 e. The lowest BCUT2D eigenvalue weighted by molar-refractivity contribution is -0.914. The highest BCUT2D eigenvalue weighted by molar-refractivity contribution is 5.70. The van der Waals surface area contributed by atoms with Gasteiger partial charge in [-0.1, -0.05) is 194 Å². The summed E-state index contributed by atoms with van der Waals surface area (Å²) in [5.74, 6) is -2.58. The summed E-state index contributed by atoms with van der Waals surface area (Å²) in [5, 5.41) is 29.8. The number of aliphatic hydroxyl groups excluding tert-OH is 1. The van der Waals surface area contributed by atoms with E-state index in [4.69, 9.17) is 0 Å². The van der Waals surface area contributed by atoms with Crippen molar-refractivity contribution in [2.24, 2.45) is 11.8 Å². The van der Waals surface area contributed by atoms with Crippen LogP contribution in [0.4, 0.5) is 0 Å². The van der Waals surface area contributed by atoms with Crippen molar-refractivity contribution >= 4 is 11.9 Å². The molecule has 280 valence electrons.